The van der Waals surface area contributed by atoms with Crippen LogP contribution in [0, 0.1) is 0 Å². The summed E-state index contributed by atoms with van der Waals surface area (Å²) in [6.45, 7) is 3.93. The maximum atomic E-state index is 11.7. The lowest BCUT2D eigenvalue weighted by Crippen LogP contribution is -2.51. The average Bonchev–Trinajstić information content (AvgIpc) is 2.24. The van der Waals surface area contributed by atoms with E-state index in [1.165, 1.54) is 6.26 Å². The molecule has 0 radical (unpaired) electrons. The second-order valence-corrected chi connectivity index (χ2v) is 7.69. The maximum Gasteiger partial charge on any atom is 0.164 e. The van der Waals surface area contributed by atoms with Gasteiger partial charge in [0.1, 0.15) is 5.37 Å². The molecule has 0 spiro atoms. The van der Waals surface area contributed by atoms with Crippen molar-refractivity contribution in [3.8, 4) is 0 Å². The fraction of sp³-hybridized carbons (Fsp3) is 1.00. The van der Waals surface area contributed by atoms with Crippen LogP contribution in [-0.4, -0.2) is 62.6 Å². The van der Waals surface area contributed by atoms with Gasteiger partial charge in [-0.25, -0.2) is 8.42 Å². The van der Waals surface area contributed by atoms with Gasteiger partial charge in [-0.1, -0.05) is 0 Å². The van der Waals surface area contributed by atoms with Crippen LogP contribution in [0.25, 0.3) is 0 Å². The number of hydrogen-bond acceptors (Lipinski definition) is 5. The largest absolute Gasteiger partial charge is 0.320 e. The van der Waals surface area contributed by atoms with E-state index in [1.54, 1.807) is 11.8 Å². The molecule has 1 heterocycles. The first-order chi connectivity index (χ1) is 7.46. The van der Waals surface area contributed by atoms with E-state index in [0.717, 1.165) is 25.3 Å². The predicted octanol–water partition coefficient (Wildman–Crippen LogP) is 0.404. The van der Waals surface area contributed by atoms with Gasteiger partial charge in [-0.3, -0.25) is 4.90 Å². The Morgan fingerprint density at radius 1 is 1.56 bits per heavy atom. The molecule has 1 fully saturated rings. The van der Waals surface area contributed by atoms with Crippen LogP contribution >= 0.6 is 11.8 Å². The van der Waals surface area contributed by atoms with Gasteiger partial charge in [-0.15, -0.1) is 0 Å². The first-order valence-corrected chi connectivity index (χ1v) is 8.74. The fourth-order valence-corrected chi connectivity index (χ4v) is 4.97. The van der Waals surface area contributed by atoms with Crippen LogP contribution in [-0.2, 0) is 9.84 Å². The standard InChI is InChI=1S/C10H22N2O2S2/c1-9(4-5-11-2)12-6-7-15-8-10(12)16(3,13)14/h9-11H,4-8H2,1-3H3. The molecule has 0 aromatic rings. The molecular formula is C10H22N2O2S2. The molecule has 4 nitrogen and oxygen atoms in total. The van der Waals surface area contributed by atoms with Crippen LogP contribution in [0.5, 0.6) is 0 Å². The Morgan fingerprint density at radius 3 is 2.81 bits per heavy atom. The Balaban J connectivity index is 2.66. The second kappa shape index (κ2) is 6.23. The van der Waals surface area contributed by atoms with Gasteiger partial charge < -0.3 is 5.32 Å². The highest BCUT2D eigenvalue weighted by atomic mass is 32.2. The molecule has 1 rings (SSSR count). The third-order valence-corrected chi connectivity index (χ3v) is 5.66. The van der Waals surface area contributed by atoms with E-state index < -0.39 is 9.84 Å². The predicted molar refractivity (Wildman–Crippen MR) is 70.7 cm³/mol. The van der Waals surface area contributed by atoms with Gasteiger partial charge in [0, 0.05) is 30.3 Å². The Morgan fingerprint density at radius 2 is 2.25 bits per heavy atom. The highest BCUT2D eigenvalue weighted by Crippen LogP contribution is 2.23. The summed E-state index contributed by atoms with van der Waals surface area (Å²) in [6, 6.07) is 0.327. The van der Waals surface area contributed by atoms with Crippen molar-refractivity contribution in [3.05, 3.63) is 0 Å². The summed E-state index contributed by atoms with van der Waals surface area (Å²) in [7, 11) is -1.04. The molecule has 0 bridgehead atoms. The maximum absolute atomic E-state index is 11.7. The number of sulfone groups is 1. The molecule has 1 aliphatic heterocycles. The van der Waals surface area contributed by atoms with E-state index in [1.807, 2.05) is 7.05 Å². The van der Waals surface area contributed by atoms with Crippen LogP contribution < -0.4 is 5.32 Å². The van der Waals surface area contributed by atoms with Crippen molar-refractivity contribution in [3.63, 3.8) is 0 Å². The molecule has 1 saturated heterocycles. The van der Waals surface area contributed by atoms with E-state index >= 15 is 0 Å². The van der Waals surface area contributed by atoms with Crippen molar-refractivity contribution >= 4 is 21.6 Å². The lowest BCUT2D eigenvalue weighted by Gasteiger charge is -2.38. The number of nitrogens with one attached hydrogen (secondary N) is 1. The minimum atomic E-state index is -2.96. The minimum Gasteiger partial charge on any atom is -0.320 e. The Labute approximate surface area is 103 Å². The zero-order chi connectivity index (χ0) is 12.2. The topological polar surface area (TPSA) is 49.4 Å². The average molecular weight is 266 g/mol. The van der Waals surface area contributed by atoms with E-state index in [4.69, 9.17) is 0 Å². The molecule has 0 amide bonds. The molecule has 0 aromatic carbocycles. The zero-order valence-electron chi connectivity index (χ0n) is 10.3. The zero-order valence-corrected chi connectivity index (χ0v) is 11.9. The van der Waals surface area contributed by atoms with Gasteiger partial charge in [-0.05, 0) is 26.9 Å². The van der Waals surface area contributed by atoms with E-state index in [9.17, 15) is 8.42 Å². The third kappa shape index (κ3) is 3.91. The Kier molecular flexibility index (Phi) is 5.56. The summed E-state index contributed by atoms with van der Waals surface area (Å²) in [5, 5.41) is 2.82. The molecule has 2 unspecified atom stereocenters. The quantitative estimate of drug-likeness (QED) is 0.781. The molecule has 6 heteroatoms. The molecule has 0 aliphatic carbocycles. The van der Waals surface area contributed by atoms with Crippen molar-refractivity contribution in [1.29, 1.82) is 0 Å². The molecule has 0 aromatic heterocycles. The smallest absolute Gasteiger partial charge is 0.164 e. The van der Waals surface area contributed by atoms with E-state index in [2.05, 4.69) is 17.1 Å². The molecule has 0 saturated carbocycles. The minimum absolute atomic E-state index is 0.293. The fourth-order valence-electron chi connectivity index (χ4n) is 1.99. The molecule has 16 heavy (non-hydrogen) atoms. The summed E-state index contributed by atoms with van der Waals surface area (Å²) in [5.41, 5.74) is 0. The molecule has 96 valence electrons. The molecule has 1 aliphatic rings. The van der Waals surface area contributed by atoms with E-state index in [-0.39, 0.29) is 5.37 Å². The van der Waals surface area contributed by atoms with Crippen molar-refractivity contribution < 1.29 is 8.42 Å². The lowest BCUT2D eigenvalue weighted by molar-refractivity contribution is 0.196. The van der Waals surface area contributed by atoms with Gasteiger partial charge >= 0.3 is 0 Å². The van der Waals surface area contributed by atoms with E-state index in [0.29, 0.717) is 11.8 Å². The first-order valence-electron chi connectivity index (χ1n) is 5.63. The highest BCUT2D eigenvalue weighted by Gasteiger charge is 2.33. The van der Waals surface area contributed by atoms with Gasteiger partial charge in [0.25, 0.3) is 0 Å². The van der Waals surface area contributed by atoms with Crippen LogP contribution in [0.15, 0.2) is 0 Å². The van der Waals surface area contributed by atoms with Crippen LogP contribution in [0.1, 0.15) is 13.3 Å². The van der Waals surface area contributed by atoms with Gasteiger partial charge in [-0.2, -0.15) is 11.8 Å². The lowest BCUT2D eigenvalue weighted by atomic mass is 10.2. The van der Waals surface area contributed by atoms with Gasteiger partial charge in [0.05, 0.1) is 0 Å². The van der Waals surface area contributed by atoms with Crippen LogP contribution in [0.2, 0.25) is 0 Å². The van der Waals surface area contributed by atoms with Crippen molar-refractivity contribution in [2.75, 3.05) is 37.9 Å². The number of nitrogens with zero attached hydrogens (tertiary/aromatic N) is 1. The first kappa shape index (κ1) is 14.3. The highest BCUT2D eigenvalue weighted by molar-refractivity contribution is 8.00. The molecule has 2 atom stereocenters. The molecular weight excluding hydrogens is 244 g/mol. The Hall–Kier alpha value is 0.220. The number of rotatable bonds is 5. The Bertz CT molecular complexity index is 306. The summed E-state index contributed by atoms with van der Waals surface area (Å²) in [4.78, 5) is 2.14. The third-order valence-electron chi connectivity index (χ3n) is 3.00. The van der Waals surface area contributed by atoms with Crippen molar-refractivity contribution in [2.24, 2.45) is 0 Å². The van der Waals surface area contributed by atoms with Gasteiger partial charge in [0.15, 0.2) is 9.84 Å². The normalized spacial score (nSPS) is 25.6. The van der Waals surface area contributed by atoms with Crippen molar-refractivity contribution in [2.45, 2.75) is 24.8 Å². The summed E-state index contributed by atoms with van der Waals surface area (Å²) in [5.74, 6) is 1.75. The summed E-state index contributed by atoms with van der Waals surface area (Å²) < 4.78 is 23.4. The van der Waals surface area contributed by atoms with Crippen LogP contribution in [0.4, 0.5) is 0 Å². The summed E-state index contributed by atoms with van der Waals surface area (Å²) >= 11 is 1.74. The van der Waals surface area contributed by atoms with Gasteiger partial charge in [0.2, 0.25) is 0 Å². The second-order valence-electron chi connectivity index (χ2n) is 4.34. The monoisotopic (exact) mass is 266 g/mol. The number of thioether (sulfide) groups is 1. The summed E-state index contributed by atoms with van der Waals surface area (Å²) in [6.07, 6.45) is 2.34. The molecule has 1 N–H and O–H groups in total. The van der Waals surface area contributed by atoms with Crippen LogP contribution in [0.3, 0.4) is 0 Å². The van der Waals surface area contributed by atoms with Crippen molar-refractivity contribution in [1.82, 2.24) is 10.2 Å². The number of hydrogen-bond donors (Lipinski definition) is 1. The SMILES string of the molecule is CNCCC(C)N1CCSCC1S(C)(=O)=O.